The van der Waals surface area contributed by atoms with E-state index in [1.165, 1.54) is 6.07 Å². The van der Waals surface area contributed by atoms with Crippen LogP contribution in [0.25, 0.3) is 0 Å². The molecule has 0 aliphatic carbocycles. The van der Waals surface area contributed by atoms with E-state index in [9.17, 15) is 8.42 Å². The average molecular weight is 249 g/mol. The van der Waals surface area contributed by atoms with Gasteiger partial charge in [0.05, 0.1) is 4.90 Å². The molecule has 0 bridgehead atoms. The lowest BCUT2D eigenvalue weighted by atomic mass is 10.1. The van der Waals surface area contributed by atoms with Crippen LogP contribution in [-0.2, 0) is 16.5 Å². The molecular weight excluding hydrogens is 238 g/mol. The second-order valence-corrected chi connectivity index (χ2v) is 5.01. The molecule has 0 spiro atoms. The van der Waals surface area contributed by atoms with Crippen molar-refractivity contribution in [2.75, 3.05) is 0 Å². The SMILES string of the molecule is O=S(=O)(O)c1ccccc1Cc1cccnc1. The number of hydrogen-bond acceptors (Lipinski definition) is 3. The molecule has 17 heavy (non-hydrogen) atoms. The average Bonchev–Trinajstić information content (AvgIpc) is 2.30. The Labute approximate surface area is 99.7 Å². The van der Waals surface area contributed by atoms with Gasteiger partial charge >= 0.3 is 0 Å². The first kappa shape index (κ1) is 11.8. The molecule has 0 atom stereocenters. The molecule has 0 aliphatic rings. The summed E-state index contributed by atoms with van der Waals surface area (Å²) in [7, 11) is -4.17. The molecule has 2 rings (SSSR count). The van der Waals surface area contributed by atoms with Crippen LogP contribution in [0, 0.1) is 0 Å². The van der Waals surface area contributed by atoms with Crippen LogP contribution in [0.3, 0.4) is 0 Å². The third-order valence-electron chi connectivity index (χ3n) is 2.37. The van der Waals surface area contributed by atoms with Gasteiger partial charge in [-0.3, -0.25) is 9.54 Å². The largest absolute Gasteiger partial charge is 0.294 e. The maximum Gasteiger partial charge on any atom is 0.294 e. The Kier molecular flexibility index (Phi) is 3.21. The topological polar surface area (TPSA) is 67.3 Å². The second-order valence-electron chi connectivity index (χ2n) is 3.62. The van der Waals surface area contributed by atoms with Gasteiger partial charge in [-0.1, -0.05) is 24.3 Å². The van der Waals surface area contributed by atoms with Crippen molar-refractivity contribution in [1.82, 2.24) is 4.98 Å². The van der Waals surface area contributed by atoms with Crippen molar-refractivity contribution in [2.45, 2.75) is 11.3 Å². The van der Waals surface area contributed by atoms with Crippen molar-refractivity contribution in [2.24, 2.45) is 0 Å². The minimum absolute atomic E-state index is 0.0520. The van der Waals surface area contributed by atoms with Crippen molar-refractivity contribution in [3.63, 3.8) is 0 Å². The first-order chi connectivity index (χ1) is 8.07. The number of rotatable bonds is 3. The number of aromatic nitrogens is 1. The molecule has 0 radical (unpaired) electrons. The number of pyridine rings is 1. The van der Waals surface area contributed by atoms with E-state index in [-0.39, 0.29) is 4.90 Å². The summed E-state index contributed by atoms with van der Waals surface area (Å²) in [6.07, 6.45) is 3.74. The van der Waals surface area contributed by atoms with Crippen molar-refractivity contribution in [1.29, 1.82) is 0 Å². The Morgan fingerprint density at radius 3 is 2.53 bits per heavy atom. The Morgan fingerprint density at radius 2 is 1.88 bits per heavy atom. The Morgan fingerprint density at radius 1 is 1.12 bits per heavy atom. The zero-order chi connectivity index (χ0) is 12.3. The number of nitrogens with zero attached hydrogens (tertiary/aromatic N) is 1. The molecule has 1 heterocycles. The smallest absolute Gasteiger partial charge is 0.282 e. The molecule has 1 aromatic carbocycles. The third kappa shape index (κ3) is 2.89. The maximum atomic E-state index is 11.2. The van der Waals surface area contributed by atoms with E-state index in [2.05, 4.69) is 4.98 Å². The van der Waals surface area contributed by atoms with E-state index in [4.69, 9.17) is 4.55 Å². The monoisotopic (exact) mass is 249 g/mol. The molecule has 0 amide bonds. The van der Waals surface area contributed by atoms with Crippen LogP contribution in [-0.4, -0.2) is 18.0 Å². The summed E-state index contributed by atoms with van der Waals surface area (Å²) in [5.74, 6) is 0. The fourth-order valence-corrected chi connectivity index (χ4v) is 2.35. The minimum Gasteiger partial charge on any atom is -0.282 e. The van der Waals surface area contributed by atoms with Gasteiger partial charge in [0.15, 0.2) is 0 Å². The Bertz CT molecular complexity index is 609. The third-order valence-corrected chi connectivity index (χ3v) is 3.32. The summed E-state index contributed by atoms with van der Waals surface area (Å²) in [6, 6.07) is 10.0. The first-order valence-electron chi connectivity index (χ1n) is 5.01. The molecule has 2 aromatic rings. The Balaban J connectivity index is 2.41. The van der Waals surface area contributed by atoms with Gasteiger partial charge in [0.25, 0.3) is 10.1 Å². The molecule has 0 saturated heterocycles. The fourth-order valence-electron chi connectivity index (χ4n) is 1.62. The van der Waals surface area contributed by atoms with Gasteiger partial charge in [-0.2, -0.15) is 8.42 Å². The molecule has 4 nitrogen and oxygen atoms in total. The second kappa shape index (κ2) is 4.65. The number of hydrogen-bond donors (Lipinski definition) is 1. The molecule has 1 N–H and O–H groups in total. The molecule has 0 fully saturated rings. The van der Waals surface area contributed by atoms with Crippen LogP contribution in [0.5, 0.6) is 0 Å². The summed E-state index contributed by atoms with van der Waals surface area (Å²) < 4.78 is 31.5. The van der Waals surface area contributed by atoms with Crippen LogP contribution in [0.2, 0.25) is 0 Å². The van der Waals surface area contributed by atoms with Crippen LogP contribution in [0.1, 0.15) is 11.1 Å². The fraction of sp³-hybridized carbons (Fsp3) is 0.0833. The highest BCUT2D eigenvalue weighted by atomic mass is 32.2. The molecule has 0 aliphatic heterocycles. The van der Waals surface area contributed by atoms with Crippen molar-refractivity contribution < 1.29 is 13.0 Å². The quantitative estimate of drug-likeness (QED) is 0.844. The van der Waals surface area contributed by atoms with Gasteiger partial charge < -0.3 is 0 Å². The Hall–Kier alpha value is -1.72. The molecule has 5 heteroatoms. The molecule has 0 saturated carbocycles. The molecule has 88 valence electrons. The van der Waals surface area contributed by atoms with Gasteiger partial charge in [0.1, 0.15) is 0 Å². The van der Waals surface area contributed by atoms with Crippen molar-refractivity contribution >= 4 is 10.1 Å². The van der Waals surface area contributed by atoms with E-state index in [1.54, 1.807) is 36.7 Å². The predicted molar refractivity (Wildman–Crippen MR) is 63.3 cm³/mol. The lowest BCUT2D eigenvalue weighted by Gasteiger charge is -2.06. The van der Waals surface area contributed by atoms with E-state index in [1.807, 2.05) is 6.07 Å². The van der Waals surface area contributed by atoms with Crippen LogP contribution >= 0.6 is 0 Å². The lowest BCUT2D eigenvalue weighted by Crippen LogP contribution is -2.03. The predicted octanol–water partition coefficient (Wildman–Crippen LogP) is 1.92. The summed E-state index contributed by atoms with van der Waals surface area (Å²) in [4.78, 5) is 3.91. The standard InChI is InChI=1S/C12H11NO3S/c14-17(15,16)12-6-2-1-5-11(12)8-10-4-3-7-13-9-10/h1-7,9H,8H2,(H,14,15,16). The zero-order valence-electron chi connectivity index (χ0n) is 8.95. The van der Waals surface area contributed by atoms with Crippen molar-refractivity contribution in [3.05, 3.63) is 59.9 Å². The van der Waals surface area contributed by atoms with Gasteiger partial charge in [0, 0.05) is 18.8 Å². The maximum absolute atomic E-state index is 11.2. The highest BCUT2D eigenvalue weighted by Crippen LogP contribution is 2.18. The first-order valence-corrected chi connectivity index (χ1v) is 6.45. The van der Waals surface area contributed by atoms with E-state index >= 15 is 0 Å². The summed E-state index contributed by atoms with van der Waals surface area (Å²) in [6.45, 7) is 0. The summed E-state index contributed by atoms with van der Waals surface area (Å²) in [5.41, 5.74) is 1.45. The summed E-state index contributed by atoms with van der Waals surface area (Å²) in [5, 5.41) is 0. The van der Waals surface area contributed by atoms with Gasteiger partial charge in [-0.25, -0.2) is 0 Å². The van der Waals surface area contributed by atoms with Crippen LogP contribution < -0.4 is 0 Å². The van der Waals surface area contributed by atoms with Gasteiger partial charge in [0.2, 0.25) is 0 Å². The lowest BCUT2D eigenvalue weighted by molar-refractivity contribution is 0.482. The van der Waals surface area contributed by atoms with Crippen LogP contribution in [0.4, 0.5) is 0 Å². The zero-order valence-corrected chi connectivity index (χ0v) is 9.76. The molecule has 0 unspecified atom stereocenters. The highest BCUT2D eigenvalue weighted by Gasteiger charge is 2.14. The van der Waals surface area contributed by atoms with E-state index < -0.39 is 10.1 Å². The van der Waals surface area contributed by atoms with E-state index in [0.717, 1.165) is 5.56 Å². The van der Waals surface area contributed by atoms with E-state index in [0.29, 0.717) is 12.0 Å². The van der Waals surface area contributed by atoms with Crippen molar-refractivity contribution in [3.8, 4) is 0 Å². The minimum atomic E-state index is -4.17. The van der Waals surface area contributed by atoms with Gasteiger partial charge in [-0.15, -0.1) is 0 Å². The highest BCUT2D eigenvalue weighted by molar-refractivity contribution is 7.85. The van der Waals surface area contributed by atoms with Crippen LogP contribution in [0.15, 0.2) is 53.7 Å². The molecule has 1 aromatic heterocycles. The van der Waals surface area contributed by atoms with Gasteiger partial charge in [-0.05, 0) is 23.3 Å². The molecular formula is C12H11NO3S. The summed E-state index contributed by atoms with van der Waals surface area (Å²) >= 11 is 0. The normalized spacial score (nSPS) is 11.4. The number of benzene rings is 1.